The smallest absolute Gasteiger partial charge is 0.160 e. The second-order valence-electron chi connectivity index (χ2n) is 15.0. The highest BCUT2D eigenvalue weighted by molar-refractivity contribution is 7.26. The van der Waals surface area contributed by atoms with Crippen LogP contribution in [0.2, 0.25) is 0 Å². The molecule has 4 nitrogen and oxygen atoms in total. The van der Waals surface area contributed by atoms with E-state index >= 15 is 0 Å². The van der Waals surface area contributed by atoms with Gasteiger partial charge in [-0.3, -0.25) is 0 Å². The molecule has 0 fully saturated rings. The van der Waals surface area contributed by atoms with E-state index in [0.29, 0.717) is 0 Å². The number of hydrogen-bond acceptors (Lipinski definition) is 3. The highest BCUT2D eigenvalue weighted by Crippen LogP contribution is 2.51. The van der Waals surface area contributed by atoms with Crippen molar-refractivity contribution in [2.24, 2.45) is 0 Å². The van der Waals surface area contributed by atoms with E-state index in [9.17, 15) is 0 Å². The molecule has 5 heterocycles. The first-order valence-electron chi connectivity index (χ1n) is 18.5. The lowest BCUT2D eigenvalue weighted by Crippen LogP contribution is -2.26. The summed E-state index contributed by atoms with van der Waals surface area (Å²) in [4.78, 5) is 10.6. The number of para-hydroxylation sites is 4. The second-order valence-corrected chi connectivity index (χ2v) is 16.1. The Morgan fingerprint density at radius 2 is 1.22 bits per heavy atom. The van der Waals surface area contributed by atoms with Crippen LogP contribution in [0.4, 0.5) is 0 Å². The van der Waals surface area contributed by atoms with Gasteiger partial charge in [-0.2, -0.15) is 0 Å². The van der Waals surface area contributed by atoms with Crippen molar-refractivity contribution in [3.63, 3.8) is 0 Å². The van der Waals surface area contributed by atoms with Gasteiger partial charge < -0.3 is 9.13 Å². The third-order valence-corrected chi connectivity index (χ3v) is 12.9. The van der Waals surface area contributed by atoms with Crippen LogP contribution in [-0.2, 0) is 5.41 Å². The van der Waals surface area contributed by atoms with Gasteiger partial charge in [-0.05, 0) is 65.7 Å². The second kappa shape index (κ2) is 10.8. The molecule has 54 heavy (non-hydrogen) atoms. The number of fused-ring (bicyclic) bond motifs is 11. The lowest BCUT2D eigenvalue weighted by Gasteiger charge is -2.35. The van der Waals surface area contributed by atoms with Crippen molar-refractivity contribution in [2.45, 2.75) is 19.3 Å². The number of nitrogens with zero attached hydrogens (tertiary/aromatic N) is 4. The van der Waals surface area contributed by atoms with E-state index in [1.54, 1.807) is 0 Å². The maximum atomic E-state index is 5.44. The van der Waals surface area contributed by atoms with E-state index in [2.05, 4.69) is 181 Å². The Balaban J connectivity index is 1.10. The van der Waals surface area contributed by atoms with E-state index in [4.69, 9.17) is 9.97 Å². The van der Waals surface area contributed by atoms with Crippen LogP contribution in [0.5, 0.6) is 0 Å². The van der Waals surface area contributed by atoms with Gasteiger partial charge in [0, 0.05) is 53.9 Å². The average Bonchev–Trinajstić information content (AvgIpc) is 3.87. The molecule has 7 aromatic carbocycles. The molecular weight excluding hydrogens is 677 g/mol. The molecule has 0 aliphatic carbocycles. The summed E-state index contributed by atoms with van der Waals surface area (Å²) in [5, 5.41) is 6.06. The minimum atomic E-state index is -0.174. The van der Waals surface area contributed by atoms with Crippen LogP contribution in [0.1, 0.15) is 25.0 Å². The number of aromatic nitrogens is 4. The molecule has 0 saturated carbocycles. The van der Waals surface area contributed by atoms with Crippen molar-refractivity contribution in [3.8, 4) is 34.0 Å². The molecule has 11 aromatic rings. The third-order valence-electron chi connectivity index (χ3n) is 11.7. The van der Waals surface area contributed by atoms with Gasteiger partial charge in [-0.1, -0.05) is 117 Å². The van der Waals surface area contributed by atoms with Crippen molar-refractivity contribution in [1.82, 2.24) is 19.1 Å². The minimum absolute atomic E-state index is 0.174. The monoisotopic (exact) mass is 708 g/mol. The van der Waals surface area contributed by atoms with Crippen LogP contribution < -0.4 is 0 Å². The summed E-state index contributed by atoms with van der Waals surface area (Å²) in [6.45, 7) is 4.73. The van der Waals surface area contributed by atoms with Gasteiger partial charge in [-0.25, -0.2) is 9.97 Å². The van der Waals surface area contributed by atoms with Gasteiger partial charge in [0.05, 0.1) is 43.7 Å². The topological polar surface area (TPSA) is 35.6 Å². The van der Waals surface area contributed by atoms with Gasteiger partial charge in [-0.15, -0.1) is 11.3 Å². The zero-order valence-corrected chi connectivity index (χ0v) is 30.5. The first kappa shape index (κ1) is 30.0. The molecule has 0 amide bonds. The zero-order valence-electron chi connectivity index (χ0n) is 29.7. The maximum Gasteiger partial charge on any atom is 0.160 e. The van der Waals surface area contributed by atoms with Crippen molar-refractivity contribution in [3.05, 3.63) is 169 Å². The molecule has 0 N–H and O–H groups in total. The summed E-state index contributed by atoms with van der Waals surface area (Å²) >= 11 is 1.90. The molecule has 254 valence electrons. The summed E-state index contributed by atoms with van der Waals surface area (Å²) < 4.78 is 7.56. The van der Waals surface area contributed by atoms with Crippen molar-refractivity contribution in [2.75, 3.05) is 0 Å². The van der Waals surface area contributed by atoms with Gasteiger partial charge >= 0.3 is 0 Å². The number of benzene rings is 7. The fraction of sp³-hybridized carbons (Fsp3) is 0.0612. The molecule has 0 saturated heterocycles. The third kappa shape index (κ3) is 3.97. The maximum absolute atomic E-state index is 5.44. The molecule has 0 radical (unpaired) electrons. The Morgan fingerprint density at radius 3 is 2.11 bits per heavy atom. The Bertz CT molecular complexity index is 3360. The Labute approximate surface area is 315 Å². The largest absolute Gasteiger partial charge is 0.309 e. The number of hydrogen-bond donors (Lipinski definition) is 0. The van der Waals surface area contributed by atoms with Gasteiger partial charge in [0.2, 0.25) is 0 Å². The van der Waals surface area contributed by atoms with Crippen molar-refractivity contribution >= 4 is 75.3 Å². The standard InChI is InChI=1S/C49H32N4S/c1-49(2)37-25-23-29(28-42(37)53-45-35(18-12-19-38(45)49)47-46(53)34-17-8-11-22-43(34)54-47)44-33-16-6-9-20-39(33)50-48(51-44)30-24-26-41-36(27-30)32-15-7-10-21-40(32)52(41)31-13-4-3-5-14-31/h3-28H,1-2H3. The lowest BCUT2D eigenvalue weighted by molar-refractivity contribution is 0.630. The minimum Gasteiger partial charge on any atom is -0.309 e. The normalized spacial score (nSPS) is 13.5. The summed E-state index contributed by atoms with van der Waals surface area (Å²) in [6.07, 6.45) is 0. The van der Waals surface area contributed by atoms with Gasteiger partial charge in [0.25, 0.3) is 0 Å². The lowest BCUT2D eigenvalue weighted by atomic mass is 9.74. The predicted octanol–water partition coefficient (Wildman–Crippen LogP) is 13.0. The van der Waals surface area contributed by atoms with E-state index in [1.165, 1.54) is 64.3 Å². The molecule has 4 aromatic heterocycles. The number of thiophene rings is 1. The summed E-state index contributed by atoms with van der Waals surface area (Å²) in [5.41, 5.74) is 13.8. The van der Waals surface area contributed by atoms with Crippen LogP contribution in [0.25, 0.3) is 97.9 Å². The van der Waals surface area contributed by atoms with E-state index < -0.39 is 0 Å². The molecule has 12 rings (SSSR count). The molecule has 0 unspecified atom stereocenters. The SMILES string of the molecule is CC1(C)c2ccc(-c3nc(-c4ccc5c(c4)c4ccccc4n5-c4ccccc4)nc4ccccc34)cc2-n2c3c1cccc3c1sc3ccccc3c12. The molecule has 0 spiro atoms. The predicted molar refractivity (Wildman–Crippen MR) is 227 cm³/mol. The van der Waals surface area contributed by atoms with Crippen LogP contribution in [0.3, 0.4) is 0 Å². The molecule has 0 bridgehead atoms. The van der Waals surface area contributed by atoms with Gasteiger partial charge in [0.1, 0.15) is 0 Å². The molecule has 5 heteroatoms. The zero-order chi connectivity index (χ0) is 35.7. The Kier molecular flexibility index (Phi) is 5.96. The van der Waals surface area contributed by atoms with Crippen LogP contribution >= 0.6 is 11.3 Å². The van der Waals surface area contributed by atoms with Crippen molar-refractivity contribution < 1.29 is 0 Å². The summed E-state index contributed by atoms with van der Waals surface area (Å²) in [6, 6.07) is 57.0. The Morgan fingerprint density at radius 1 is 0.500 bits per heavy atom. The molecule has 1 aliphatic heterocycles. The summed E-state index contributed by atoms with van der Waals surface area (Å²) in [7, 11) is 0. The first-order chi connectivity index (χ1) is 26.5. The van der Waals surface area contributed by atoms with Crippen LogP contribution in [-0.4, -0.2) is 19.1 Å². The highest BCUT2D eigenvalue weighted by Gasteiger charge is 2.36. The summed E-state index contributed by atoms with van der Waals surface area (Å²) in [5.74, 6) is 0.722. The van der Waals surface area contributed by atoms with Crippen LogP contribution in [0.15, 0.2) is 158 Å². The van der Waals surface area contributed by atoms with Gasteiger partial charge in [0.15, 0.2) is 5.82 Å². The van der Waals surface area contributed by atoms with E-state index in [-0.39, 0.29) is 5.41 Å². The highest BCUT2D eigenvalue weighted by atomic mass is 32.1. The molecule has 0 atom stereocenters. The number of rotatable bonds is 3. The average molecular weight is 709 g/mol. The van der Waals surface area contributed by atoms with Crippen LogP contribution in [0, 0.1) is 0 Å². The molecule has 1 aliphatic rings. The first-order valence-corrected chi connectivity index (χ1v) is 19.3. The molecular formula is C49H32N4S. The van der Waals surface area contributed by atoms with E-state index in [1.807, 2.05) is 11.3 Å². The fourth-order valence-corrected chi connectivity index (χ4v) is 10.4. The quantitative estimate of drug-likeness (QED) is 0.183. The van der Waals surface area contributed by atoms with E-state index in [0.717, 1.165) is 44.8 Å². The fourth-order valence-electron chi connectivity index (χ4n) is 9.19. The Hall–Kier alpha value is -6.56. The van der Waals surface area contributed by atoms with Crippen molar-refractivity contribution in [1.29, 1.82) is 0 Å².